The smallest absolute Gasteiger partial charge is 0.195 e. The van der Waals surface area contributed by atoms with Gasteiger partial charge in [-0.05, 0) is 11.4 Å². The highest BCUT2D eigenvalue weighted by atomic mass is 32.1. The van der Waals surface area contributed by atoms with Crippen molar-refractivity contribution in [3.63, 3.8) is 0 Å². The zero-order chi connectivity index (χ0) is 14.2. The molecule has 0 aliphatic rings. The second kappa shape index (κ2) is 4.95. The van der Waals surface area contributed by atoms with Gasteiger partial charge in [0.05, 0.1) is 10.6 Å². The highest BCUT2D eigenvalue weighted by Gasteiger charge is 2.18. The number of nitrogens with zero attached hydrogens (tertiary/aromatic N) is 2. The Labute approximate surface area is 129 Å². The molecule has 0 saturated carbocycles. The minimum atomic E-state index is 0.612. The van der Waals surface area contributed by atoms with Crippen LogP contribution in [0.25, 0.3) is 26.8 Å². The molecule has 0 aliphatic heterocycles. The van der Waals surface area contributed by atoms with Crippen molar-refractivity contribution >= 4 is 33.9 Å². The van der Waals surface area contributed by atoms with Gasteiger partial charge in [-0.2, -0.15) is 0 Å². The third kappa shape index (κ3) is 1.93. The molecule has 0 aliphatic carbocycles. The highest BCUT2D eigenvalue weighted by molar-refractivity contribution is 7.17. The first-order chi connectivity index (χ1) is 10.4. The summed E-state index contributed by atoms with van der Waals surface area (Å²) in [5.74, 6) is 0. The summed E-state index contributed by atoms with van der Waals surface area (Å²) in [5, 5.41) is 4.09. The van der Waals surface area contributed by atoms with Gasteiger partial charge in [0, 0.05) is 10.9 Å². The molecule has 0 atom stereocenters. The van der Waals surface area contributed by atoms with Crippen LogP contribution in [0.2, 0.25) is 0 Å². The predicted octanol–water partition coefficient (Wildman–Crippen LogP) is 4.60. The summed E-state index contributed by atoms with van der Waals surface area (Å²) in [6, 6.07) is 13.9. The van der Waals surface area contributed by atoms with Gasteiger partial charge in [-0.25, -0.2) is 4.98 Å². The molecule has 0 unspecified atom stereocenters. The van der Waals surface area contributed by atoms with Crippen molar-refractivity contribution < 1.29 is 4.79 Å². The molecule has 3 heterocycles. The lowest BCUT2D eigenvalue weighted by Gasteiger charge is -2.00. The molecule has 102 valence electrons. The van der Waals surface area contributed by atoms with Crippen molar-refractivity contribution in [2.24, 2.45) is 0 Å². The number of carbonyl (C=O) groups excluding carboxylic acids is 1. The average Bonchev–Trinajstić information content (AvgIpc) is 3.23. The second-order valence-corrected chi connectivity index (χ2v) is 6.33. The number of hydrogen-bond donors (Lipinski definition) is 0. The van der Waals surface area contributed by atoms with E-state index in [1.165, 1.54) is 0 Å². The van der Waals surface area contributed by atoms with Crippen LogP contribution in [-0.4, -0.2) is 15.7 Å². The van der Waals surface area contributed by atoms with Gasteiger partial charge in [0.15, 0.2) is 11.2 Å². The molecule has 0 N–H and O–H groups in total. The van der Waals surface area contributed by atoms with E-state index in [0.29, 0.717) is 5.69 Å². The Kier molecular flexibility index (Phi) is 2.94. The summed E-state index contributed by atoms with van der Waals surface area (Å²) in [6.45, 7) is 0. The normalized spacial score (nSPS) is 11.0. The molecule has 0 saturated heterocycles. The minimum absolute atomic E-state index is 0.612. The van der Waals surface area contributed by atoms with Crippen LogP contribution in [0, 0.1) is 0 Å². The summed E-state index contributed by atoms with van der Waals surface area (Å²) >= 11 is 3.22. The van der Waals surface area contributed by atoms with Crippen molar-refractivity contribution in [3.05, 3.63) is 58.9 Å². The van der Waals surface area contributed by atoms with Gasteiger partial charge < -0.3 is 0 Å². The van der Waals surface area contributed by atoms with Crippen LogP contribution >= 0.6 is 22.7 Å². The molecule has 1 aromatic carbocycles. The molecule has 3 nitrogen and oxygen atoms in total. The van der Waals surface area contributed by atoms with Crippen LogP contribution in [0.4, 0.5) is 0 Å². The van der Waals surface area contributed by atoms with Gasteiger partial charge in [0.25, 0.3) is 0 Å². The molecule has 0 amide bonds. The van der Waals surface area contributed by atoms with Crippen LogP contribution in [0.5, 0.6) is 0 Å². The second-order valence-electron chi connectivity index (χ2n) is 4.55. The van der Waals surface area contributed by atoms with E-state index >= 15 is 0 Å². The molecule has 0 spiro atoms. The maximum atomic E-state index is 11.6. The Hall–Kier alpha value is -2.24. The maximum Gasteiger partial charge on any atom is 0.195 e. The summed E-state index contributed by atoms with van der Waals surface area (Å²) in [7, 11) is 0. The van der Waals surface area contributed by atoms with Gasteiger partial charge in [-0.15, -0.1) is 22.7 Å². The summed E-state index contributed by atoms with van der Waals surface area (Å²) in [6.07, 6.45) is 0.895. The largest absolute Gasteiger partial charge is 0.296 e. The Morgan fingerprint density at radius 1 is 1.05 bits per heavy atom. The van der Waals surface area contributed by atoms with E-state index in [0.717, 1.165) is 33.1 Å². The number of carbonyl (C=O) groups is 1. The van der Waals surface area contributed by atoms with Crippen LogP contribution < -0.4 is 0 Å². The third-order valence-electron chi connectivity index (χ3n) is 3.33. The fourth-order valence-electron chi connectivity index (χ4n) is 2.39. The van der Waals surface area contributed by atoms with Crippen LogP contribution in [0.1, 0.15) is 10.5 Å². The molecule has 3 aromatic heterocycles. The van der Waals surface area contributed by atoms with E-state index in [9.17, 15) is 4.79 Å². The van der Waals surface area contributed by atoms with Gasteiger partial charge >= 0.3 is 0 Å². The van der Waals surface area contributed by atoms with Crippen LogP contribution in [0.3, 0.4) is 0 Å². The topological polar surface area (TPSA) is 34.4 Å². The van der Waals surface area contributed by atoms with Gasteiger partial charge in [0.2, 0.25) is 0 Å². The van der Waals surface area contributed by atoms with Crippen molar-refractivity contribution in [3.8, 4) is 21.8 Å². The first-order valence-corrected chi connectivity index (χ1v) is 8.19. The van der Waals surface area contributed by atoms with E-state index in [-0.39, 0.29) is 0 Å². The Morgan fingerprint density at radius 3 is 2.62 bits per heavy atom. The lowest BCUT2D eigenvalue weighted by atomic mass is 10.1. The first kappa shape index (κ1) is 12.5. The third-order valence-corrected chi connectivity index (χ3v) is 5.05. The lowest BCUT2D eigenvalue weighted by Crippen LogP contribution is -1.93. The standard InChI is InChI=1S/C16H10N2OS2/c19-9-12-15(11-5-2-1-3-6-11)17-16-18(12)13(10-21-16)14-7-4-8-20-14/h1-10H. The Bertz CT molecular complexity index is 905. The van der Waals surface area contributed by atoms with E-state index in [2.05, 4.69) is 16.4 Å². The van der Waals surface area contributed by atoms with Gasteiger partial charge in [0.1, 0.15) is 11.4 Å². The molecule has 0 radical (unpaired) electrons. The Morgan fingerprint density at radius 2 is 1.90 bits per heavy atom. The number of imidazole rings is 1. The van der Waals surface area contributed by atoms with Crippen molar-refractivity contribution in [1.82, 2.24) is 9.38 Å². The van der Waals surface area contributed by atoms with Crippen LogP contribution in [-0.2, 0) is 0 Å². The molecular formula is C16H10N2OS2. The van der Waals surface area contributed by atoms with E-state index in [4.69, 9.17) is 0 Å². The number of thiophene rings is 1. The molecule has 21 heavy (non-hydrogen) atoms. The maximum absolute atomic E-state index is 11.6. The molecule has 5 heteroatoms. The lowest BCUT2D eigenvalue weighted by molar-refractivity contribution is 0.111. The highest BCUT2D eigenvalue weighted by Crippen LogP contribution is 2.33. The minimum Gasteiger partial charge on any atom is -0.296 e. The average molecular weight is 310 g/mol. The molecule has 4 rings (SSSR count). The summed E-state index contributed by atoms with van der Waals surface area (Å²) < 4.78 is 1.95. The van der Waals surface area contributed by atoms with E-state index in [1.54, 1.807) is 22.7 Å². The quantitative estimate of drug-likeness (QED) is 0.518. The van der Waals surface area contributed by atoms with Crippen molar-refractivity contribution in [2.45, 2.75) is 0 Å². The fraction of sp³-hybridized carbons (Fsp3) is 0. The van der Waals surface area contributed by atoms with E-state index in [1.807, 2.05) is 46.2 Å². The zero-order valence-corrected chi connectivity index (χ0v) is 12.5. The summed E-state index contributed by atoms with van der Waals surface area (Å²) in [4.78, 5) is 18.3. The SMILES string of the molecule is O=Cc1c(-c2ccccc2)nc2scc(-c3cccs3)n12. The number of fused-ring (bicyclic) bond motifs is 1. The number of rotatable bonds is 3. The van der Waals surface area contributed by atoms with Crippen molar-refractivity contribution in [1.29, 1.82) is 0 Å². The fourth-order valence-corrected chi connectivity index (χ4v) is 4.10. The van der Waals surface area contributed by atoms with Crippen LogP contribution in [0.15, 0.2) is 53.2 Å². The first-order valence-electron chi connectivity index (χ1n) is 6.43. The van der Waals surface area contributed by atoms with E-state index < -0.39 is 0 Å². The molecular weight excluding hydrogens is 300 g/mol. The number of hydrogen-bond acceptors (Lipinski definition) is 4. The van der Waals surface area contributed by atoms with Crippen molar-refractivity contribution in [2.75, 3.05) is 0 Å². The number of aldehydes is 1. The molecule has 0 fully saturated rings. The van der Waals surface area contributed by atoms with Gasteiger partial charge in [-0.3, -0.25) is 9.20 Å². The molecule has 0 bridgehead atoms. The Balaban J connectivity index is 2.01. The number of thiazole rings is 1. The zero-order valence-electron chi connectivity index (χ0n) is 10.9. The van der Waals surface area contributed by atoms with Gasteiger partial charge in [-0.1, -0.05) is 36.4 Å². The number of aromatic nitrogens is 2. The molecule has 4 aromatic rings. The predicted molar refractivity (Wildman–Crippen MR) is 87.2 cm³/mol. The number of benzene rings is 1. The monoisotopic (exact) mass is 310 g/mol. The summed E-state index contributed by atoms with van der Waals surface area (Å²) in [5.41, 5.74) is 3.35.